The topological polar surface area (TPSA) is 38.3 Å². The molecule has 1 rings (SSSR count). The second-order valence-corrected chi connectivity index (χ2v) is 5.42. The molecular formula is C13H25NO2. The van der Waals surface area contributed by atoms with Gasteiger partial charge in [-0.15, -0.1) is 0 Å². The zero-order valence-electron chi connectivity index (χ0n) is 11.0. The van der Waals surface area contributed by atoms with Crippen LogP contribution < -0.4 is 5.32 Å². The van der Waals surface area contributed by atoms with Crippen molar-refractivity contribution >= 4 is 5.97 Å². The molecular weight excluding hydrogens is 202 g/mol. The Kier molecular flexibility index (Phi) is 4.78. The van der Waals surface area contributed by atoms with Crippen LogP contribution in [0.4, 0.5) is 0 Å². The van der Waals surface area contributed by atoms with E-state index in [-0.39, 0.29) is 5.97 Å². The second-order valence-electron chi connectivity index (χ2n) is 5.42. The lowest BCUT2D eigenvalue weighted by molar-refractivity contribution is -0.150. The number of carbonyl (C=O) groups excluding carboxylic acids is 1. The maximum absolute atomic E-state index is 11.9. The lowest BCUT2D eigenvalue weighted by atomic mass is 9.73. The van der Waals surface area contributed by atoms with Gasteiger partial charge in [0.2, 0.25) is 0 Å². The van der Waals surface area contributed by atoms with E-state index >= 15 is 0 Å². The van der Waals surface area contributed by atoms with Gasteiger partial charge < -0.3 is 10.1 Å². The fourth-order valence-corrected chi connectivity index (χ4v) is 2.97. The number of rotatable bonds is 4. The molecule has 1 aliphatic carbocycles. The Balaban J connectivity index is 2.68. The monoisotopic (exact) mass is 227 g/mol. The first-order chi connectivity index (χ1) is 7.54. The van der Waals surface area contributed by atoms with Crippen LogP contribution in [-0.2, 0) is 9.53 Å². The highest BCUT2D eigenvalue weighted by molar-refractivity contribution is 5.80. The Morgan fingerprint density at radius 2 is 2.25 bits per heavy atom. The van der Waals surface area contributed by atoms with E-state index in [0.29, 0.717) is 11.8 Å². The van der Waals surface area contributed by atoms with E-state index in [1.807, 2.05) is 7.05 Å². The molecule has 16 heavy (non-hydrogen) atoms. The summed E-state index contributed by atoms with van der Waals surface area (Å²) in [7, 11) is 3.35. The van der Waals surface area contributed by atoms with Crippen LogP contribution in [-0.4, -0.2) is 25.7 Å². The van der Waals surface area contributed by atoms with E-state index in [4.69, 9.17) is 4.74 Å². The highest BCUT2D eigenvalue weighted by atomic mass is 16.5. The third kappa shape index (κ3) is 2.97. The third-order valence-corrected chi connectivity index (χ3v) is 3.71. The minimum atomic E-state index is -0.424. The van der Waals surface area contributed by atoms with Gasteiger partial charge >= 0.3 is 5.97 Å². The van der Waals surface area contributed by atoms with Gasteiger partial charge in [0.1, 0.15) is 5.54 Å². The molecule has 1 N–H and O–H groups in total. The quantitative estimate of drug-likeness (QED) is 0.749. The van der Waals surface area contributed by atoms with Crippen molar-refractivity contribution in [2.75, 3.05) is 14.2 Å². The van der Waals surface area contributed by atoms with Crippen LogP contribution in [0.1, 0.15) is 46.0 Å². The Hall–Kier alpha value is -0.570. The van der Waals surface area contributed by atoms with Gasteiger partial charge in [-0.1, -0.05) is 26.7 Å². The Morgan fingerprint density at radius 3 is 2.75 bits per heavy atom. The normalized spacial score (nSPS) is 30.4. The van der Waals surface area contributed by atoms with Crippen molar-refractivity contribution in [3.8, 4) is 0 Å². The summed E-state index contributed by atoms with van der Waals surface area (Å²) in [6, 6.07) is 0. The van der Waals surface area contributed by atoms with E-state index in [1.165, 1.54) is 20.0 Å². The Morgan fingerprint density at radius 1 is 1.56 bits per heavy atom. The van der Waals surface area contributed by atoms with Crippen LogP contribution in [0.2, 0.25) is 0 Å². The van der Waals surface area contributed by atoms with Crippen LogP contribution in [0.5, 0.6) is 0 Å². The average molecular weight is 227 g/mol. The van der Waals surface area contributed by atoms with Crippen molar-refractivity contribution in [2.45, 2.75) is 51.5 Å². The summed E-state index contributed by atoms with van der Waals surface area (Å²) in [5.74, 6) is 1.26. The number of hydrogen-bond acceptors (Lipinski definition) is 3. The summed E-state index contributed by atoms with van der Waals surface area (Å²) >= 11 is 0. The van der Waals surface area contributed by atoms with Crippen LogP contribution in [0.3, 0.4) is 0 Å². The molecule has 0 aromatic heterocycles. The van der Waals surface area contributed by atoms with Crippen molar-refractivity contribution in [2.24, 2.45) is 11.8 Å². The zero-order valence-corrected chi connectivity index (χ0v) is 11.0. The van der Waals surface area contributed by atoms with E-state index in [9.17, 15) is 4.79 Å². The molecule has 0 radical (unpaired) electrons. The van der Waals surface area contributed by atoms with E-state index in [2.05, 4.69) is 19.2 Å². The van der Waals surface area contributed by atoms with Crippen molar-refractivity contribution in [3.63, 3.8) is 0 Å². The van der Waals surface area contributed by atoms with E-state index < -0.39 is 5.54 Å². The number of nitrogens with one attached hydrogen (secondary N) is 1. The molecule has 2 atom stereocenters. The van der Waals surface area contributed by atoms with Gasteiger partial charge in [-0.05, 0) is 38.1 Å². The van der Waals surface area contributed by atoms with E-state index in [1.54, 1.807) is 0 Å². The summed E-state index contributed by atoms with van der Waals surface area (Å²) in [6.07, 6.45) is 5.41. The lowest BCUT2D eigenvalue weighted by Crippen LogP contribution is -2.54. The maximum atomic E-state index is 11.9. The molecule has 3 heteroatoms. The molecule has 3 nitrogen and oxygen atoms in total. The number of methoxy groups -OCH3 is 1. The molecule has 0 aliphatic heterocycles. The first kappa shape index (κ1) is 13.5. The van der Waals surface area contributed by atoms with Crippen molar-refractivity contribution in [3.05, 3.63) is 0 Å². The molecule has 0 aromatic rings. The highest BCUT2D eigenvalue weighted by Gasteiger charge is 2.42. The minimum Gasteiger partial charge on any atom is -0.468 e. The molecule has 94 valence electrons. The third-order valence-electron chi connectivity index (χ3n) is 3.71. The van der Waals surface area contributed by atoms with E-state index in [0.717, 1.165) is 19.3 Å². The maximum Gasteiger partial charge on any atom is 0.326 e. The molecule has 2 unspecified atom stereocenters. The highest BCUT2D eigenvalue weighted by Crippen LogP contribution is 2.36. The summed E-state index contributed by atoms with van der Waals surface area (Å²) < 4.78 is 4.94. The van der Waals surface area contributed by atoms with Crippen LogP contribution in [0.25, 0.3) is 0 Å². The molecule has 0 bridgehead atoms. The fraction of sp³-hybridized carbons (Fsp3) is 0.923. The predicted molar refractivity (Wildman–Crippen MR) is 65.2 cm³/mol. The molecule has 0 spiro atoms. The van der Waals surface area contributed by atoms with Gasteiger partial charge in [0.05, 0.1) is 7.11 Å². The molecule has 0 heterocycles. The SMILES string of the molecule is CNC1(C(=O)OC)CCCC(CC(C)C)C1. The van der Waals surface area contributed by atoms with Gasteiger partial charge in [-0.3, -0.25) is 4.79 Å². The lowest BCUT2D eigenvalue weighted by Gasteiger charge is -2.39. The average Bonchev–Trinajstić information content (AvgIpc) is 2.27. The first-order valence-corrected chi connectivity index (χ1v) is 6.31. The number of carbonyl (C=O) groups is 1. The second kappa shape index (κ2) is 5.67. The minimum absolute atomic E-state index is 0.0940. The van der Waals surface area contributed by atoms with Gasteiger partial charge in [0.15, 0.2) is 0 Å². The van der Waals surface area contributed by atoms with Crippen LogP contribution in [0.15, 0.2) is 0 Å². The standard InChI is InChI=1S/C13H25NO2/c1-10(2)8-11-6-5-7-13(9-11,14-3)12(15)16-4/h10-11,14H,5-9H2,1-4H3. The van der Waals surface area contributed by atoms with Gasteiger partial charge in [0.25, 0.3) is 0 Å². The van der Waals surface area contributed by atoms with Gasteiger partial charge in [-0.2, -0.15) is 0 Å². The molecule has 1 saturated carbocycles. The number of hydrogen-bond donors (Lipinski definition) is 1. The predicted octanol–water partition coefficient (Wildman–Crippen LogP) is 2.35. The number of esters is 1. The summed E-state index contributed by atoms with van der Waals surface area (Å²) in [4.78, 5) is 11.9. The summed E-state index contributed by atoms with van der Waals surface area (Å²) in [5, 5.41) is 3.20. The Labute approximate surface area is 98.9 Å². The first-order valence-electron chi connectivity index (χ1n) is 6.31. The Bertz CT molecular complexity index is 240. The van der Waals surface area contributed by atoms with Gasteiger partial charge in [-0.25, -0.2) is 0 Å². The largest absolute Gasteiger partial charge is 0.468 e. The molecule has 0 saturated heterocycles. The molecule has 1 aliphatic rings. The van der Waals surface area contributed by atoms with Crippen molar-refractivity contribution < 1.29 is 9.53 Å². The number of likely N-dealkylation sites (N-methyl/N-ethyl adjacent to an activating group) is 1. The number of ether oxygens (including phenoxy) is 1. The van der Waals surface area contributed by atoms with Crippen molar-refractivity contribution in [1.82, 2.24) is 5.32 Å². The van der Waals surface area contributed by atoms with Crippen molar-refractivity contribution in [1.29, 1.82) is 0 Å². The van der Waals surface area contributed by atoms with Gasteiger partial charge in [0, 0.05) is 0 Å². The summed E-state index contributed by atoms with van der Waals surface area (Å²) in [6.45, 7) is 4.49. The van der Waals surface area contributed by atoms with Crippen LogP contribution in [0, 0.1) is 11.8 Å². The summed E-state index contributed by atoms with van der Waals surface area (Å²) in [5.41, 5.74) is -0.424. The fourth-order valence-electron chi connectivity index (χ4n) is 2.97. The van der Waals surface area contributed by atoms with Crippen LogP contribution >= 0.6 is 0 Å². The molecule has 1 fully saturated rings. The zero-order chi connectivity index (χ0) is 12.2. The smallest absolute Gasteiger partial charge is 0.326 e. The molecule has 0 aromatic carbocycles. The molecule has 0 amide bonds.